The molecule has 12 nitrogen and oxygen atoms in total. The summed E-state index contributed by atoms with van der Waals surface area (Å²) in [5.41, 5.74) is 2.15. The first kappa shape index (κ1) is 56.8. The van der Waals surface area contributed by atoms with Crippen LogP contribution < -0.4 is 30.6 Å². The predicted molar refractivity (Wildman–Crippen MR) is 246 cm³/mol. The van der Waals surface area contributed by atoms with Gasteiger partial charge in [-0.05, 0) is 33.4 Å². The van der Waals surface area contributed by atoms with Crippen molar-refractivity contribution in [2.24, 2.45) is 40.8 Å². The molecule has 15 heteroatoms. The van der Waals surface area contributed by atoms with Crippen LogP contribution in [-0.2, 0) is 51.2 Å². The van der Waals surface area contributed by atoms with Crippen LogP contribution in [0.4, 0.5) is 0 Å². The average molecular weight is 1040 g/mol. The van der Waals surface area contributed by atoms with Gasteiger partial charge in [0, 0.05) is 87.4 Å². The van der Waals surface area contributed by atoms with Gasteiger partial charge in [-0.25, -0.2) is 0 Å². The molecule has 0 N–H and O–H groups in total. The first-order chi connectivity index (χ1) is 30.9. The van der Waals surface area contributed by atoms with Gasteiger partial charge in [-0.15, -0.1) is 34.5 Å². The van der Waals surface area contributed by atoms with Gasteiger partial charge in [0.1, 0.15) is 0 Å². The van der Waals surface area contributed by atoms with E-state index in [0.29, 0.717) is 72.6 Å². The Morgan fingerprint density at radius 3 is 0.552 bits per heavy atom. The second-order valence-electron chi connectivity index (χ2n) is 15.7. The number of nitrogens with zero attached hydrogens (tertiary/aromatic N) is 6. The van der Waals surface area contributed by atoms with Crippen molar-refractivity contribution in [1.29, 1.82) is 0 Å². The fourth-order valence-electron chi connectivity index (χ4n) is 6.01. The largest absolute Gasteiger partial charge is 2.00 e. The maximum absolute atomic E-state index is 11.9. The summed E-state index contributed by atoms with van der Waals surface area (Å²) < 4.78 is 0. The third kappa shape index (κ3) is 19.2. The van der Waals surface area contributed by atoms with Crippen LogP contribution in [0.5, 0.6) is 34.5 Å². The van der Waals surface area contributed by atoms with Crippen LogP contribution >= 0.6 is 0 Å². The zero-order valence-electron chi connectivity index (χ0n) is 36.6. The number of aliphatic imine (C=N–C) groups is 6. The van der Waals surface area contributed by atoms with Gasteiger partial charge in [-0.1, -0.05) is 159 Å². The Bertz CT molecular complexity index is 2160. The molecule has 0 aliphatic carbocycles. The Hall–Kier alpha value is -6.30. The molecule has 3 radical (unpaired) electrons. The predicted octanol–water partition coefficient (Wildman–Crippen LogP) is 5.13. The zero-order valence-corrected chi connectivity index (χ0v) is 39.4. The molecule has 0 fully saturated rings. The molecule has 67 heavy (non-hydrogen) atoms. The van der Waals surface area contributed by atoms with Crippen molar-refractivity contribution in [3.63, 3.8) is 0 Å². The number of benzene rings is 6. The van der Waals surface area contributed by atoms with Crippen LogP contribution in [0.1, 0.15) is 47.2 Å². The quantitative estimate of drug-likeness (QED) is 0.0840. The fourth-order valence-corrected chi connectivity index (χ4v) is 6.01. The molecular weight excluding hydrogens is 995 g/mol. The van der Waals surface area contributed by atoms with Gasteiger partial charge in [0.25, 0.3) is 0 Å². The van der Waals surface area contributed by atoms with E-state index in [0.717, 1.165) is 0 Å². The summed E-state index contributed by atoms with van der Waals surface area (Å²) in [5.74, 6) is -0.538. The first-order valence-corrected chi connectivity index (χ1v) is 20.5. The van der Waals surface area contributed by atoms with E-state index in [1.54, 1.807) is 146 Å². The number of rotatable bonds is 18. The average Bonchev–Trinajstić information content (AvgIpc) is 3.28. The van der Waals surface area contributed by atoms with Crippen molar-refractivity contribution < 1.29 is 81.8 Å². The third-order valence-electron chi connectivity index (χ3n) is 9.73. The van der Waals surface area contributed by atoms with Crippen molar-refractivity contribution in [3.05, 3.63) is 179 Å². The Kier molecular flexibility index (Phi) is 24.9. The summed E-state index contributed by atoms with van der Waals surface area (Å²) >= 11 is 0. The summed E-state index contributed by atoms with van der Waals surface area (Å²) in [5, 5.41) is 71.4. The smallest absolute Gasteiger partial charge is 0.872 e. The van der Waals surface area contributed by atoms with Gasteiger partial charge in [0.15, 0.2) is 0 Å². The van der Waals surface area contributed by atoms with Gasteiger partial charge in [-0.2, -0.15) is 0 Å². The minimum Gasteiger partial charge on any atom is -0.872 e. The topological polar surface area (TPSA) is 213 Å². The van der Waals surface area contributed by atoms with Crippen molar-refractivity contribution in [2.75, 3.05) is 39.3 Å². The normalized spacial score (nSPS) is 13.2. The van der Waals surface area contributed by atoms with E-state index in [1.807, 2.05) is 13.8 Å². The van der Waals surface area contributed by atoms with E-state index in [9.17, 15) is 30.6 Å². The Morgan fingerprint density at radius 1 is 0.284 bits per heavy atom. The van der Waals surface area contributed by atoms with Crippen LogP contribution in [0.25, 0.3) is 0 Å². The van der Waals surface area contributed by atoms with E-state index in [4.69, 9.17) is 0 Å². The molecule has 6 rings (SSSR count). The zero-order chi connectivity index (χ0) is 45.6. The minimum absolute atomic E-state index is 0. The molecule has 6 aromatic rings. The molecule has 355 valence electrons. The molecule has 0 aliphatic rings. The molecule has 0 saturated heterocycles. The molecule has 0 saturated carbocycles. The van der Waals surface area contributed by atoms with Gasteiger partial charge in [0.2, 0.25) is 0 Å². The van der Waals surface area contributed by atoms with Gasteiger partial charge >= 0.3 is 51.2 Å². The van der Waals surface area contributed by atoms with E-state index >= 15 is 0 Å². The Balaban J connectivity index is 0.000000440. The molecule has 0 amide bonds. The van der Waals surface area contributed by atoms with Crippen LogP contribution in [0.15, 0.2) is 176 Å². The summed E-state index contributed by atoms with van der Waals surface area (Å²) in [6.07, 6.45) is 9.38. The summed E-state index contributed by atoms with van der Waals surface area (Å²) in [4.78, 5) is 26.8. The molecule has 6 aromatic carbocycles. The molecule has 0 aromatic heterocycles. The minimum atomic E-state index is -0.475. The van der Waals surface area contributed by atoms with Crippen LogP contribution in [0, 0.1) is 10.8 Å². The van der Waals surface area contributed by atoms with Crippen LogP contribution in [-0.4, -0.2) is 76.6 Å². The fraction of sp³-hybridized carbons (Fsp3) is 0.192. The second kappa shape index (κ2) is 29.4. The summed E-state index contributed by atoms with van der Waals surface area (Å²) in [7, 11) is 0. The maximum atomic E-state index is 11.9. The number of hydrogen-bond donors (Lipinski definition) is 0. The van der Waals surface area contributed by atoms with Gasteiger partial charge < -0.3 is 30.6 Å². The monoisotopic (exact) mass is 1040 g/mol. The molecule has 0 unspecified atom stereocenters. The van der Waals surface area contributed by atoms with Crippen LogP contribution in [0.3, 0.4) is 0 Å². The maximum Gasteiger partial charge on any atom is 2.00 e. The molecular formula is C52H48Cu3N6O6. The van der Waals surface area contributed by atoms with E-state index in [1.165, 1.54) is 36.4 Å². The van der Waals surface area contributed by atoms with E-state index in [2.05, 4.69) is 30.0 Å². The SMILES string of the molecule is CC(CN=Cc1ccccc1[O-])(CN=Cc1ccccc1[O-])CN=Cc1ccccc1[O-].CC(CN=Cc1ccccc1[O-])(CN=Cc1ccccc1[O-])CN=Cc1ccccc1[O-].[Cu+2].[Cu+2].[Cu+2]. The second-order valence-corrected chi connectivity index (χ2v) is 15.7. The molecule has 0 spiro atoms. The first-order valence-electron chi connectivity index (χ1n) is 20.5. The number of hydrogen-bond acceptors (Lipinski definition) is 12. The molecule has 0 atom stereocenters. The van der Waals surface area contributed by atoms with Crippen molar-refractivity contribution in [1.82, 2.24) is 0 Å². The third-order valence-corrected chi connectivity index (χ3v) is 9.73. The number of para-hydroxylation sites is 6. The van der Waals surface area contributed by atoms with Gasteiger partial charge in [-0.3, -0.25) is 30.0 Å². The van der Waals surface area contributed by atoms with E-state index < -0.39 is 10.8 Å². The van der Waals surface area contributed by atoms with Crippen molar-refractivity contribution in [3.8, 4) is 34.5 Å². The van der Waals surface area contributed by atoms with Crippen molar-refractivity contribution >= 4 is 37.3 Å². The molecule has 0 heterocycles. The van der Waals surface area contributed by atoms with Crippen LogP contribution in [0.2, 0.25) is 0 Å². The Labute approximate surface area is 423 Å². The molecule has 0 aliphatic heterocycles. The standard InChI is InChI=1S/2C26H27N3O3.3Cu/c2*1-26(17-27-14-20-8-2-5-11-23(20)30,18-28-15-21-9-3-6-12-24(21)31)19-29-16-22-10-4-7-13-25(22)32;;;/h2*2-16,30-32H,17-19H2,1H3;;;/q;;3*+2/p-6. The Morgan fingerprint density at radius 2 is 0.418 bits per heavy atom. The molecule has 0 bridgehead atoms. The van der Waals surface area contributed by atoms with Gasteiger partial charge in [0.05, 0.1) is 0 Å². The van der Waals surface area contributed by atoms with E-state index in [-0.39, 0.29) is 85.7 Å². The summed E-state index contributed by atoms with van der Waals surface area (Å²) in [6, 6.07) is 40.2. The van der Waals surface area contributed by atoms with Crippen molar-refractivity contribution in [2.45, 2.75) is 13.8 Å². The summed E-state index contributed by atoms with van der Waals surface area (Å²) in [6.45, 7) is 6.18.